The molecule has 0 fully saturated rings. The molecule has 138 valence electrons. The Morgan fingerprint density at radius 1 is 1.27 bits per heavy atom. The van der Waals surface area contributed by atoms with Gasteiger partial charge in [0.05, 0.1) is 5.69 Å². The number of rotatable bonds is 6. The minimum Gasteiger partial charge on any atom is -0.454 e. The van der Waals surface area contributed by atoms with E-state index in [1.54, 1.807) is 25.1 Å². The van der Waals surface area contributed by atoms with E-state index in [1.165, 1.54) is 6.92 Å². The van der Waals surface area contributed by atoms with Gasteiger partial charge in [0, 0.05) is 23.7 Å². The van der Waals surface area contributed by atoms with Crippen molar-refractivity contribution in [3.8, 4) is 11.5 Å². The van der Waals surface area contributed by atoms with Gasteiger partial charge in [0.1, 0.15) is 5.76 Å². The molecule has 8 nitrogen and oxygen atoms in total. The summed E-state index contributed by atoms with van der Waals surface area (Å²) in [6.45, 7) is 5.29. The summed E-state index contributed by atoms with van der Waals surface area (Å²) in [6, 6.07) is 5.06. The summed E-state index contributed by atoms with van der Waals surface area (Å²) in [5.41, 5.74) is 2.18. The highest BCUT2D eigenvalue weighted by atomic mass is 16.7. The average molecular weight is 360 g/mol. The van der Waals surface area contributed by atoms with Crippen LogP contribution in [0.15, 0.2) is 22.7 Å². The van der Waals surface area contributed by atoms with Crippen LogP contribution in [0.2, 0.25) is 0 Å². The first-order valence-corrected chi connectivity index (χ1v) is 8.26. The Balaban J connectivity index is 1.50. The number of esters is 1. The molecule has 0 unspecified atom stereocenters. The molecule has 1 aliphatic heterocycles. The molecule has 0 aliphatic carbocycles. The monoisotopic (exact) mass is 360 g/mol. The van der Waals surface area contributed by atoms with Crippen LogP contribution in [0.4, 0.5) is 5.69 Å². The highest BCUT2D eigenvalue weighted by Gasteiger charge is 2.20. The van der Waals surface area contributed by atoms with Gasteiger partial charge in [-0.3, -0.25) is 9.59 Å². The molecule has 0 spiro atoms. The van der Waals surface area contributed by atoms with Crippen LogP contribution in [0.25, 0.3) is 0 Å². The molecular formula is C18H20N2O6. The second-order valence-electron chi connectivity index (χ2n) is 5.99. The minimum absolute atomic E-state index is 0.143. The normalized spacial score (nSPS) is 13.3. The van der Waals surface area contributed by atoms with Crippen LogP contribution in [0.5, 0.6) is 11.5 Å². The molecule has 0 saturated carbocycles. The summed E-state index contributed by atoms with van der Waals surface area (Å²) in [6.07, 6.45) is -0.321. The average Bonchev–Trinajstić information content (AvgIpc) is 3.19. The third-order valence-corrected chi connectivity index (χ3v) is 4.08. The number of hydrogen-bond acceptors (Lipinski definition) is 7. The van der Waals surface area contributed by atoms with E-state index in [-0.39, 0.29) is 13.2 Å². The lowest BCUT2D eigenvalue weighted by Crippen LogP contribution is -2.30. The molecule has 1 atom stereocenters. The largest absolute Gasteiger partial charge is 0.454 e. The molecule has 1 aliphatic rings. The Labute approximate surface area is 150 Å². The third-order valence-electron chi connectivity index (χ3n) is 4.08. The van der Waals surface area contributed by atoms with Crippen molar-refractivity contribution in [2.75, 3.05) is 12.1 Å². The van der Waals surface area contributed by atoms with Gasteiger partial charge < -0.3 is 24.1 Å². The SMILES string of the molecule is Cc1noc(C)c1CCC(=O)O[C@H](C)C(=O)Nc1ccc2c(c1)OCO2. The Hall–Kier alpha value is -3.03. The summed E-state index contributed by atoms with van der Waals surface area (Å²) < 4.78 is 20.7. The molecule has 3 rings (SSSR count). The maximum Gasteiger partial charge on any atom is 0.306 e. The Morgan fingerprint density at radius 2 is 2.04 bits per heavy atom. The van der Waals surface area contributed by atoms with Crippen LogP contribution in [0.3, 0.4) is 0 Å². The van der Waals surface area contributed by atoms with Crippen molar-refractivity contribution < 1.29 is 28.3 Å². The lowest BCUT2D eigenvalue weighted by atomic mass is 10.1. The van der Waals surface area contributed by atoms with Crippen molar-refractivity contribution >= 4 is 17.6 Å². The number of aromatic nitrogens is 1. The number of hydrogen-bond donors (Lipinski definition) is 1. The molecule has 8 heteroatoms. The number of nitrogens with one attached hydrogen (secondary N) is 1. The Morgan fingerprint density at radius 3 is 2.77 bits per heavy atom. The highest BCUT2D eigenvalue weighted by molar-refractivity contribution is 5.95. The quantitative estimate of drug-likeness (QED) is 0.790. The fourth-order valence-electron chi connectivity index (χ4n) is 2.61. The second-order valence-corrected chi connectivity index (χ2v) is 5.99. The molecule has 0 radical (unpaired) electrons. The molecule has 1 aromatic carbocycles. The summed E-state index contributed by atoms with van der Waals surface area (Å²) in [4.78, 5) is 24.2. The zero-order chi connectivity index (χ0) is 18.7. The van der Waals surface area contributed by atoms with Crippen molar-refractivity contribution in [3.63, 3.8) is 0 Å². The van der Waals surface area contributed by atoms with Crippen molar-refractivity contribution in [2.24, 2.45) is 0 Å². The van der Waals surface area contributed by atoms with Crippen LogP contribution in [0.1, 0.15) is 30.4 Å². The number of benzene rings is 1. The molecule has 1 N–H and O–H groups in total. The van der Waals surface area contributed by atoms with Gasteiger partial charge in [-0.15, -0.1) is 0 Å². The fourth-order valence-corrected chi connectivity index (χ4v) is 2.61. The lowest BCUT2D eigenvalue weighted by Gasteiger charge is -2.13. The maximum atomic E-state index is 12.2. The molecule has 1 amide bonds. The summed E-state index contributed by atoms with van der Waals surface area (Å²) in [5.74, 6) is 0.991. The summed E-state index contributed by atoms with van der Waals surface area (Å²) in [5, 5.41) is 6.53. The van der Waals surface area contributed by atoms with E-state index in [1.807, 2.05) is 6.92 Å². The third kappa shape index (κ3) is 3.96. The number of nitrogens with zero attached hydrogens (tertiary/aromatic N) is 1. The van der Waals surface area contributed by atoms with Gasteiger partial charge in [0.2, 0.25) is 6.79 Å². The van der Waals surface area contributed by atoms with Crippen molar-refractivity contribution in [3.05, 3.63) is 35.2 Å². The van der Waals surface area contributed by atoms with E-state index in [4.69, 9.17) is 18.7 Å². The van der Waals surface area contributed by atoms with E-state index in [9.17, 15) is 9.59 Å². The van der Waals surface area contributed by atoms with Crippen LogP contribution in [0, 0.1) is 13.8 Å². The Bertz CT molecular complexity index is 810. The van der Waals surface area contributed by atoms with E-state index in [0.717, 1.165) is 11.3 Å². The topological polar surface area (TPSA) is 99.9 Å². The van der Waals surface area contributed by atoms with Gasteiger partial charge >= 0.3 is 5.97 Å². The first-order valence-electron chi connectivity index (χ1n) is 8.26. The molecule has 0 bridgehead atoms. The van der Waals surface area contributed by atoms with Gasteiger partial charge in [-0.05, 0) is 39.3 Å². The predicted molar refractivity (Wildman–Crippen MR) is 91.0 cm³/mol. The van der Waals surface area contributed by atoms with E-state index < -0.39 is 18.0 Å². The first-order chi connectivity index (χ1) is 12.4. The molecular weight excluding hydrogens is 340 g/mol. The van der Waals surface area contributed by atoms with Crippen LogP contribution >= 0.6 is 0 Å². The van der Waals surface area contributed by atoms with Gasteiger partial charge in [0.15, 0.2) is 17.6 Å². The highest BCUT2D eigenvalue weighted by Crippen LogP contribution is 2.34. The lowest BCUT2D eigenvalue weighted by molar-refractivity contribution is -0.153. The molecule has 26 heavy (non-hydrogen) atoms. The smallest absolute Gasteiger partial charge is 0.306 e. The van der Waals surface area contributed by atoms with Gasteiger partial charge in [-0.2, -0.15) is 0 Å². The first kappa shape index (κ1) is 17.8. The summed E-state index contributed by atoms with van der Waals surface area (Å²) >= 11 is 0. The van der Waals surface area contributed by atoms with Gasteiger partial charge in [0.25, 0.3) is 5.91 Å². The number of amides is 1. The fraction of sp³-hybridized carbons (Fsp3) is 0.389. The standard InChI is InChI=1S/C18H20N2O6/c1-10-14(11(2)26-20-10)5-7-17(21)25-12(3)18(22)19-13-4-6-15-16(8-13)24-9-23-15/h4,6,8,12H,5,7,9H2,1-3H3,(H,19,22)/t12-/m1/s1. The zero-order valence-electron chi connectivity index (χ0n) is 14.8. The zero-order valence-corrected chi connectivity index (χ0v) is 14.8. The number of anilines is 1. The number of carbonyl (C=O) groups excluding carboxylic acids is 2. The molecule has 2 aromatic rings. The number of ether oxygens (including phenoxy) is 3. The predicted octanol–water partition coefficient (Wildman–Crippen LogP) is 2.52. The van der Waals surface area contributed by atoms with Crippen LogP contribution in [-0.4, -0.2) is 29.9 Å². The molecule has 2 heterocycles. The number of carbonyl (C=O) groups is 2. The van der Waals surface area contributed by atoms with E-state index >= 15 is 0 Å². The van der Waals surface area contributed by atoms with Gasteiger partial charge in [-0.1, -0.05) is 5.16 Å². The van der Waals surface area contributed by atoms with E-state index in [0.29, 0.717) is 29.4 Å². The van der Waals surface area contributed by atoms with Crippen molar-refractivity contribution in [1.29, 1.82) is 0 Å². The molecule has 0 saturated heterocycles. The second kappa shape index (κ2) is 7.47. The summed E-state index contributed by atoms with van der Waals surface area (Å²) in [7, 11) is 0. The Kier molecular flexibility index (Phi) is 5.11. The van der Waals surface area contributed by atoms with Crippen LogP contribution in [-0.2, 0) is 20.7 Å². The minimum atomic E-state index is -0.919. The van der Waals surface area contributed by atoms with E-state index in [2.05, 4.69) is 10.5 Å². The van der Waals surface area contributed by atoms with Crippen LogP contribution < -0.4 is 14.8 Å². The van der Waals surface area contributed by atoms with Crippen molar-refractivity contribution in [2.45, 2.75) is 39.7 Å². The number of aryl methyl sites for hydroxylation is 2. The number of fused-ring (bicyclic) bond motifs is 1. The maximum absolute atomic E-state index is 12.2. The van der Waals surface area contributed by atoms with Crippen molar-refractivity contribution in [1.82, 2.24) is 5.16 Å². The molecule has 1 aromatic heterocycles. The van der Waals surface area contributed by atoms with Gasteiger partial charge in [-0.25, -0.2) is 0 Å².